The van der Waals surface area contributed by atoms with Crippen LogP contribution >= 0.6 is 11.6 Å². The van der Waals surface area contributed by atoms with Crippen molar-refractivity contribution in [2.24, 2.45) is 0 Å². The topological polar surface area (TPSA) is 32.3 Å². The fourth-order valence-corrected chi connectivity index (χ4v) is 3.30. The minimum atomic E-state index is -0.345. The Morgan fingerprint density at radius 1 is 1.50 bits per heavy atom. The third-order valence-corrected chi connectivity index (χ3v) is 4.22. The molecule has 1 aromatic rings. The lowest BCUT2D eigenvalue weighted by atomic mass is 9.90. The molecule has 2 rings (SSSR count). The molecule has 1 atom stereocenters. The number of likely N-dealkylation sites (N-methyl/N-ethyl adjacent to an activating group) is 1. The summed E-state index contributed by atoms with van der Waals surface area (Å²) in [5.41, 5.74) is 0.722. The maximum Gasteiger partial charge on any atom is 0.242 e. The SMILES string of the molecule is CCCC1(C(=O)N(C)Cc2cccc(Cl)c2)CCCN1. The molecule has 1 amide bonds. The first kappa shape index (κ1) is 15.3. The van der Waals surface area contributed by atoms with Gasteiger partial charge in [0.05, 0.1) is 5.54 Å². The summed E-state index contributed by atoms with van der Waals surface area (Å²) >= 11 is 6.00. The molecule has 1 saturated heterocycles. The van der Waals surface area contributed by atoms with Gasteiger partial charge in [-0.1, -0.05) is 37.1 Å². The summed E-state index contributed by atoms with van der Waals surface area (Å²) in [4.78, 5) is 14.6. The highest BCUT2D eigenvalue weighted by molar-refractivity contribution is 6.30. The number of amides is 1. The van der Waals surface area contributed by atoms with E-state index in [1.807, 2.05) is 36.2 Å². The lowest BCUT2D eigenvalue weighted by Crippen LogP contribution is -2.53. The van der Waals surface area contributed by atoms with Gasteiger partial charge in [0.15, 0.2) is 0 Å². The molecular formula is C16H23ClN2O. The number of rotatable bonds is 5. The van der Waals surface area contributed by atoms with Crippen LogP contribution in [0.1, 0.15) is 38.2 Å². The highest BCUT2D eigenvalue weighted by Crippen LogP contribution is 2.27. The summed E-state index contributed by atoms with van der Waals surface area (Å²) < 4.78 is 0. The van der Waals surface area contributed by atoms with E-state index in [4.69, 9.17) is 11.6 Å². The van der Waals surface area contributed by atoms with E-state index in [1.54, 1.807) is 0 Å². The standard InChI is InChI=1S/C16H23ClN2O/c1-3-8-16(9-5-10-18-16)15(20)19(2)12-13-6-4-7-14(17)11-13/h4,6-7,11,18H,3,5,8-10,12H2,1-2H3. The van der Waals surface area contributed by atoms with Crippen molar-refractivity contribution in [3.05, 3.63) is 34.9 Å². The van der Waals surface area contributed by atoms with E-state index >= 15 is 0 Å². The van der Waals surface area contributed by atoms with Gasteiger partial charge in [0, 0.05) is 18.6 Å². The van der Waals surface area contributed by atoms with Gasteiger partial charge in [-0.15, -0.1) is 0 Å². The molecule has 1 N–H and O–H groups in total. The number of carbonyl (C=O) groups is 1. The average molecular weight is 295 g/mol. The highest BCUT2D eigenvalue weighted by Gasteiger charge is 2.41. The first-order chi connectivity index (χ1) is 9.57. The predicted molar refractivity (Wildman–Crippen MR) is 82.8 cm³/mol. The molecule has 0 aromatic heterocycles. The van der Waals surface area contributed by atoms with E-state index in [1.165, 1.54) is 0 Å². The molecule has 4 heteroatoms. The zero-order valence-electron chi connectivity index (χ0n) is 12.3. The number of nitrogens with zero attached hydrogens (tertiary/aromatic N) is 1. The van der Waals surface area contributed by atoms with E-state index < -0.39 is 0 Å². The van der Waals surface area contributed by atoms with Crippen molar-refractivity contribution < 1.29 is 4.79 Å². The Kier molecular flexibility index (Phi) is 5.06. The zero-order valence-corrected chi connectivity index (χ0v) is 13.0. The predicted octanol–water partition coefficient (Wildman–Crippen LogP) is 3.22. The molecule has 0 saturated carbocycles. The highest BCUT2D eigenvalue weighted by atomic mass is 35.5. The summed E-state index contributed by atoms with van der Waals surface area (Å²) in [6.45, 7) is 3.68. The van der Waals surface area contributed by atoms with Gasteiger partial charge in [-0.05, 0) is 43.5 Å². The summed E-state index contributed by atoms with van der Waals surface area (Å²) in [5, 5.41) is 4.15. The number of hydrogen-bond donors (Lipinski definition) is 1. The number of nitrogens with one attached hydrogen (secondary N) is 1. The van der Waals surface area contributed by atoms with Gasteiger partial charge in [0.2, 0.25) is 5.91 Å². The van der Waals surface area contributed by atoms with Crippen molar-refractivity contribution >= 4 is 17.5 Å². The van der Waals surface area contributed by atoms with E-state index in [0.29, 0.717) is 11.6 Å². The summed E-state index contributed by atoms with van der Waals surface area (Å²) in [6.07, 6.45) is 3.95. The van der Waals surface area contributed by atoms with Crippen LogP contribution in [-0.2, 0) is 11.3 Å². The molecule has 1 aliphatic rings. The Bertz CT molecular complexity index is 469. The third-order valence-electron chi connectivity index (χ3n) is 3.99. The van der Waals surface area contributed by atoms with Crippen molar-refractivity contribution in [1.29, 1.82) is 0 Å². The lowest BCUT2D eigenvalue weighted by molar-refractivity contribution is -0.137. The molecule has 0 aliphatic carbocycles. The zero-order chi connectivity index (χ0) is 14.6. The van der Waals surface area contributed by atoms with E-state index in [9.17, 15) is 4.79 Å². The van der Waals surface area contributed by atoms with Gasteiger partial charge in [-0.25, -0.2) is 0 Å². The molecule has 1 heterocycles. The van der Waals surface area contributed by atoms with Crippen LogP contribution in [0.2, 0.25) is 5.02 Å². The maximum atomic E-state index is 12.8. The van der Waals surface area contributed by atoms with Crippen molar-refractivity contribution in [3.63, 3.8) is 0 Å². The quantitative estimate of drug-likeness (QED) is 0.904. The Labute approximate surface area is 126 Å². The van der Waals surface area contributed by atoms with Crippen molar-refractivity contribution in [3.8, 4) is 0 Å². The van der Waals surface area contributed by atoms with Crippen LogP contribution < -0.4 is 5.32 Å². The van der Waals surface area contributed by atoms with Gasteiger partial charge in [0.1, 0.15) is 0 Å². The minimum Gasteiger partial charge on any atom is -0.340 e. The third kappa shape index (κ3) is 3.33. The van der Waals surface area contributed by atoms with Gasteiger partial charge < -0.3 is 10.2 Å². The lowest BCUT2D eigenvalue weighted by Gasteiger charge is -2.32. The number of halogens is 1. The molecule has 1 fully saturated rings. The Hall–Kier alpha value is -1.06. The van der Waals surface area contributed by atoms with Crippen molar-refractivity contribution in [2.75, 3.05) is 13.6 Å². The van der Waals surface area contributed by atoms with Gasteiger partial charge in [-0.2, -0.15) is 0 Å². The fraction of sp³-hybridized carbons (Fsp3) is 0.562. The molecule has 1 aromatic carbocycles. The minimum absolute atomic E-state index is 0.205. The number of hydrogen-bond acceptors (Lipinski definition) is 2. The van der Waals surface area contributed by atoms with Crippen LogP contribution in [0, 0.1) is 0 Å². The van der Waals surface area contributed by atoms with Crippen LogP contribution in [0.3, 0.4) is 0 Å². The molecule has 20 heavy (non-hydrogen) atoms. The first-order valence-corrected chi connectivity index (χ1v) is 7.70. The second-order valence-electron chi connectivity index (χ2n) is 5.65. The molecule has 3 nitrogen and oxygen atoms in total. The molecule has 1 aliphatic heterocycles. The van der Waals surface area contributed by atoms with E-state index in [-0.39, 0.29) is 11.4 Å². The molecule has 0 spiro atoms. The van der Waals surface area contributed by atoms with Crippen LogP contribution in [0.15, 0.2) is 24.3 Å². The monoisotopic (exact) mass is 294 g/mol. The molecule has 0 bridgehead atoms. The molecular weight excluding hydrogens is 272 g/mol. The molecule has 110 valence electrons. The summed E-state index contributed by atoms with van der Waals surface area (Å²) in [5.74, 6) is 0.205. The van der Waals surface area contributed by atoms with E-state index in [0.717, 1.165) is 37.8 Å². The van der Waals surface area contributed by atoms with Crippen LogP contribution in [0.25, 0.3) is 0 Å². The largest absolute Gasteiger partial charge is 0.340 e. The van der Waals surface area contributed by atoms with Crippen LogP contribution in [0.4, 0.5) is 0 Å². The average Bonchev–Trinajstić information content (AvgIpc) is 2.88. The van der Waals surface area contributed by atoms with Gasteiger partial charge in [-0.3, -0.25) is 4.79 Å². The van der Waals surface area contributed by atoms with Gasteiger partial charge >= 0.3 is 0 Å². The Balaban J connectivity index is 2.07. The Morgan fingerprint density at radius 3 is 2.90 bits per heavy atom. The van der Waals surface area contributed by atoms with Gasteiger partial charge in [0.25, 0.3) is 0 Å². The summed E-state index contributed by atoms with van der Waals surface area (Å²) in [6, 6.07) is 7.69. The maximum absolute atomic E-state index is 12.8. The number of benzene rings is 1. The first-order valence-electron chi connectivity index (χ1n) is 7.32. The van der Waals surface area contributed by atoms with Crippen LogP contribution in [0.5, 0.6) is 0 Å². The van der Waals surface area contributed by atoms with E-state index in [2.05, 4.69) is 12.2 Å². The Morgan fingerprint density at radius 2 is 2.30 bits per heavy atom. The van der Waals surface area contributed by atoms with Crippen molar-refractivity contribution in [1.82, 2.24) is 10.2 Å². The number of carbonyl (C=O) groups excluding carboxylic acids is 1. The normalized spacial score (nSPS) is 21.9. The second kappa shape index (κ2) is 6.59. The fourth-order valence-electron chi connectivity index (χ4n) is 3.08. The molecule has 1 unspecified atom stereocenters. The second-order valence-corrected chi connectivity index (χ2v) is 6.09. The summed E-state index contributed by atoms with van der Waals surface area (Å²) in [7, 11) is 1.88. The molecule has 0 radical (unpaired) electrons. The smallest absolute Gasteiger partial charge is 0.242 e. The van der Waals surface area contributed by atoms with Crippen molar-refractivity contribution in [2.45, 2.75) is 44.7 Å². The van der Waals surface area contributed by atoms with Crippen LogP contribution in [-0.4, -0.2) is 29.9 Å².